The summed E-state index contributed by atoms with van der Waals surface area (Å²) in [5, 5.41) is 12.3. The van der Waals surface area contributed by atoms with Crippen molar-refractivity contribution in [1.29, 1.82) is 0 Å². The second kappa shape index (κ2) is 8.77. The van der Waals surface area contributed by atoms with Crippen molar-refractivity contribution in [3.63, 3.8) is 0 Å². The molecule has 1 aromatic rings. The molecule has 1 atom stereocenters. The molecule has 166 valence electrons. The van der Waals surface area contributed by atoms with Gasteiger partial charge in [-0.25, -0.2) is 4.79 Å². The average molecular weight is 443 g/mol. The minimum Gasteiger partial charge on any atom is -0.482 e. The fourth-order valence-electron chi connectivity index (χ4n) is 2.61. The Morgan fingerprint density at radius 3 is 2.37 bits per heavy atom. The molecule has 0 spiro atoms. The quantitative estimate of drug-likeness (QED) is 0.570. The summed E-state index contributed by atoms with van der Waals surface area (Å²) in [6.45, 7) is -0.246. The number of benzene rings is 1. The van der Waals surface area contributed by atoms with E-state index in [1.165, 1.54) is 18.2 Å². The molecule has 1 aromatic carbocycles. The number of carbonyl (C=O) groups excluding carboxylic acids is 2. The molecule has 2 heterocycles. The van der Waals surface area contributed by atoms with E-state index in [4.69, 9.17) is 14.6 Å². The number of nitrogens with one attached hydrogen (secondary N) is 2. The molecule has 0 radical (unpaired) electrons. The molecule has 2 amide bonds. The predicted molar refractivity (Wildman–Crippen MR) is 88.0 cm³/mol. The number of anilines is 1. The van der Waals surface area contributed by atoms with E-state index in [0.717, 1.165) is 4.90 Å². The van der Waals surface area contributed by atoms with Crippen LogP contribution in [0.15, 0.2) is 18.2 Å². The number of carboxylic acid groups (broad SMARTS) is 1. The monoisotopic (exact) mass is 443 g/mol. The Bertz CT molecular complexity index is 827. The summed E-state index contributed by atoms with van der Waals surface area (Å²) >= 11 is 0. The second-order valence-electron chi connectivity index (χ2n) is 6.11. The van der Waals surface area contributed by atoms with E-state index < -0.39 is 30.3 Å². The SMILES string of the molecule is O=C(O)C(F)(F)F.O=C1COc2cc(C(=O)N3CCNCC3C(F)(F)F)ccc2N1. The first kappa shape index (κ1) is 23.3. The number of hydrogen-bond donors (Lipinski definition) is 3. The number of aliphatic carboxylic acids is 1. The van der Waals surface area contributed by atoms with Crippen molar-refractivity contribution >= 4 is 23.5 Å². The van der Waals surface area contributed by atoms with E-state index in [1.54, 1.807) is 0 Å². The van der Waals surface area contributed by atoms with Gasteiger partial charge in [0, 0.05) is 25.2 Å². The van der Waals surface area contributed by atoms with Gasteiger partial charge in [-0.05, 0) is 18.2 Å². The van der Waals surface area contributed by atoms with Crippen molar-refractivity contribution in [2.75, 3.05) is 31.6 Å². The molecule has 0 bridgehead atoms. The van der Waals surface area contributed by atoms with E-state index in [1.807, 2.05) is 0 Å². The summed E-state index contributed by atoms with van der Waals surface area (Å²) in [6, 6.07) is 2.32. The highest BCUT2D eigenvalue weighted by molar-refractivity contribution is 5.99. The van der Waals surface area contributed by atoms with Crippen molar-refractivity contribution in [3.8, 4) is 5.75 Å². The van der Waals surface area contributed by atoms with Crippen LogP contribution in [0.2, 0.25) is 0 Å². The van der Waals surface area contributed by atoms with Crippen LogP contribution in [0.1, 0.15) is 10.4 Å². The molecule has 0 aliphatic carbocycles. The van der Waals surface area contributed by atoms with Crippen LogP contribution < -0.4 is 15.4 Å². The summed E-state index contributed by atoms with van der Waals surface area (Å²) in [5.41, 5.74) is 0.488. The zero-order valence-corrected chi connectivity index (χ0v) is 14.9. The van der Waals surface area contributed by atoms with Gasteiger partial charge in [0.15, 0.2) is 6.61 Å². The Labute approximate surface area is 164 Å². The average Bonchev–Trinajstić information content (AvgIpc) is 2.66. The largest absolute Gasteiger partial charge is 0.490 e. The number of amides is 2. The van der Waals surface area contributed by atoms with Gasteiger partial charge >= 0.3 is 18.3 Å². The normalized spacial score (nSPS) is 18.9. The number of fused-ring (bicyclic) bond motifs is 1. The number of nitrogens with zero attached hydrogens (tertiary/aromatic N) is 1. The fourth-order valence-corrected chi connectivity index (χ4v) is 2.61. The summed E-state index contributed by atoms with van der Waals surface area (Å²) < 4.78 is 76.2. The van der Waals surface area contributed by atoms with Gasteiger partial charge in [0.05, 0.1) is 5.69 Å². The second-order valence-corrected chi connectivity index (χ2v) is 6.11. The van der Waals surface area contributed by atoms with Gasteiger partial charge in [-0.1, -0.05) is 0 Å². The van der Waals surface area contributed by atoms with Gasteiger partial charge in [0.25, 0.3) is 11.8 Å². The Kier molecular flexibility index (Phi) is 6.80. The number of rotatable bonds is 1. The third-order valence-electron chi connectivity index (χ3n) is 3.99. The zero-order valence-electron chi connectivity index (χ0n) is 14.9. The molecule has 1 saturated heterocycles. The number of carbonyl (C=O) groups is 3. The Hall–Kier alpha value is -3.03. The van der Waals surface area contributed by atoms with E-state index in [0.29, 0.717) is 12.2 Å². The highest BCUT2D eigenvalue weighted by Gasteiger charge is 2.46. The number of halogens is 6. The third-order valence-corrected chi connectivity index (χ3v) is 3.99. The number of carboxylic acids is 1. The Balaban J connectivity index is 0.000000396. The van der Waals surface area contributed by atoms with Crippen LogP contribution in [0, 0.1) is 0 Å². The lowest BCUT2D eigenvalue weighted by Gasteiger charge is -2.37. The minimum absolute atomic E-state index is 0.0301. The first-order chi connectivity index (χ1) is 13.8. The number of alkyl halides is 6. The van der Waals surface area contributed by atoms with Crippen molar-refractivity contribution in [1.82, 2.24) is 10.2 Å². The minimum atomic E-state index is -5.08. The van der Waals surface area contributed by atoms with Crippen molar-refractivity contribution in [2.24, 2.45) is 0 Å². The van der Waals surface area contributed by atoms with Crippen LogP contribution in [0.3, 0.4) is 0 Å². The van der Waals surface area contributed by atoms with Gasteiger partial charge in [0.1, 0.15) is 11.8 Å². The molecule has 0 aromatic heterocycles. The maximum Gasteiger partial charge on any atom is 0.490 e. The number of hydrogen-bond acceptors (Lipinski definition) is 5. The highest BCUT2D eigenvalue weighted by atomic mass is 19.4. The van der Waals surface area contributed by atoms with Crippen LogP contribution in [-0.2, 0) is 9.59 Å². The van der Waals surface area contributed by atoms with Crippen LogP contribution in [0.25, 0.3) is 0 Å². The van der Waals surface area contributed by atoms with Crippen molar-refractivity contribution < 1.29 is 50.6 Å². The Morgan fingerprint density at radius 1 is 1.17 bits per heavy atom. The molecular weight excluding hydrogens is 428 g/mol. The topological polar surface area (TPSA) is 108 Å². The van der Waals surface area contributed by atoms with Crippen LogP contribution in [0.5, 0.6) is 5.75 Å². The highest BCUT2D eigenvalue weighted by Crippen LogP contribution is 2.31. The lowest BCUT2D eigenvalue weighted by atomic mass is 10.1. The standard InChI is InChI=1S/C14H14F3N3O3.C2HF3O2/c15-14(16,17)11-6-18-3-4-20(11)13(22)8-1-2-9-10(5-8)23-7-12(21)19-9;3-2(4,5)1(6)7/h1-2,5,11,18H,3-4,6-7H2,(H,19,21);(H,6,7). The molecule has 14 heteroatoms. The van der Waals surface area contributed by atoms with E-state index in [9.17, 15) is 35.9 Å². The molecule has 2 aliphatic rings. The molecule has 3 rings (SSSR count). The maximum absolute atomic E-state index is 13.1. The molecular formula is C16H15F6N3O5. The lowest BCUT2D eigenvalue weighted by Crippen LogP contribution is -2.59. The number of ether oxygens (including phenoxy) is 1. The molecule has 1 fully saturated rings. The smallest absolute Gasteiger partial charge is 0.482 e. The first-order valence-corrected chi connectivity index (χ1v) is 8.26. The maximum atomic E-state index is 13.1. The summed E-state index contributed by atoms with van der Waals surface area (Å²) in [4.78, 5) is 33.4. The van der Waals surface area contributed by atoms with E-state index in [2.05, 4.69) is 10.6 Å². The van der Waals surface area contributed by atoms with Crippen molar-refractivity contribution in [3.05, 3.63) is 23.8 Å². The molecule has 3 N–H and O–H groups in total. The summed E-state index contributed by atoms with van der Waals surface area (Å²) in [6.07, 6.45) is -9.58. The zero-order chi connectivity index (χ0) is 22.7. The summed E-state index contributed by atoms with van der Waals surface area (Å²) in [5.74, 6) is -3.52. The predicted octanol–water partition coefficient (Wildman–Crippen LogP) is 1.63. The Morgan fingerprint density at radius 2 is 1.80 bits per heavy atom. The summed E-state index contributed by atoms with van der Waals surface area (Å²) in [7, 11) is 0. The van der Waals surface area contributed by atoms with Crippen molar-refractivity contribution in [2.45, 2.75) is 18.4 Å². The van der Waals surface area contributed by atoms with Crippen LogP contribution in [0.4, 0.5) is 32.0 Å². The first-order valence-electron chi connectivity index (χ1n) is 8.26. The van der Waals surface area contributed by atoms with Gasteiger partial charge in [-0.2, -0.15) is 26.3 Å². The molecule has 30 heavy (non-hydrogen) atoms. The molecule has 2 aliphatic heterocycles. The molecule has 0 saturated carbocycles. The van der Waals surface area contributed by atoms with Gasteiger partial charge in [-0.3, -0.25) is 9.59 Å². The van der Waals surface area contributed by atoms with E-state index in [-0.39, 0.29) is 36.9 Å². The van der Waals surface area contributed by atoms with E-state index >= 15 is 0 Å². The van der Waals surface area contributed by atoms with Crippen LogP contribution >= 0.6 is 0 Å². The fraction of sp³-hybridized carbons (Fsp3) is 0.438. The van der Waals surface area contributed by atoms with Gasteiger partial charge < -0.3 is 25.4 Å². The van der Waals surface area contributed by atoms with Crippen LogP contribution in [-0.4, -0.2) is 72.4 Å². The van der Waals surface area contributed by atoms with Gasteiger partial charge in [0.2, 0.25) is 0 Å². The number of piperazine rings is 1. The lowest BCUT2D eigenvalue weighted by molar-refractivity contribution is -0.192. The molecule has 8 nitrogen and oxygen atoms in total. The van der Waals surface area contributed by atoms with Gasteiger partial charge in [-0.15, -0.1) is 0 Å². The third kappa shape index (κ3) is 5.75. The molecule has 1 unspecified atom stereocenters.